The van der Waals surface area contributed by atoms with E-state index in [2.05, 4.69) is 25.6 Å². The first-order valence-corrected chi connectivity index (χ1v) is 8.40. The monoisotopic (exact) mass is 363 g/mol. The van der Waals surface area contributed by atoms with Gasteiger partial charge in [0.1, 0.15) is 5.69 Å². The molecule has 1 aromatic carbocycles. The molecular formula is C19H17N5O3. The van der Waals surface area contributed by atoms with Gasteiger partial charge >= 0.3 is 0 Å². The van der Waals surface area contributed by atoms with Crippen molar-refractivity contribution in [3.63, 3.8) is 0 Å². The highest BCUT2D eigenvalue weighted by Gasteiger charge is 2.13. The van der Waals surface area contributed by atoms with E-state index in [0.29, 0.717) is 24.7 Å². The quantitative estimate of drug-likeness (QED) is 0.692. The second kappa shape index (κ2) is 7.69. The van der Waals surface area contributed by atoms with E-state index in [1.165, 1.54) is 0 Å². The molecule has 3 heterocycles. The van der Waals surface area contributed by atoms with Crippen LogP contribution >= 0.6 is 0 Å². The number of aromatic nitrogens is 3. The Labute approximate surface area is 155 Å². The van der Waals surface area contributed by atoms with Crippen molar-refractivity contribution >= 4 is 11.9 Å². The van der Waals surface area contributed by atoms with Gasteiger partial charge in [0, 0.05) is 31.7 Å². The normalized spacial score (nSPS) is 11.9. The summed E-state index contributed by atoms with van der Waals surface area (Å²) >= 11 is 0. The van der Waals surface area contributed by atoms with Crippen LogP contribution in [0.2, 0.25) is 0 Å². The molecule has 1 aliphatic heterocycles. The van der Waals surface area contributed by atoms with Crippen molar-refractivity contribution in [2.75, 3.05) is 12.1 Å². The largest absolute Gasteiger partial charge is 0.454 e. The first kappa shape index (κ1) is 16.8. The predicted octanol–water partition coefficient (Wildman–Crippen LogP) is 2.14. The third kappa shape index (κ3) is 4.12. The fourth-order valence-electron chi connectivity index (χ4n) is 2.58. The zero-order valence-corrected chi connectivity index (χ0v) is 14.4. The summed E-state index contributed by atoms with van der Waals surface area (Å²) in [5, 5.41) is 5.93. The third-order valence-corrected chi connectivity index (χ3v) is 3.95. The van der Waals surface area contributed by atoms with E-state index in [1.807, 2.05) is 30.3 Å². The molecule has 136 valence electrons. The third-order valence-electron chi connectivity index (χ3n) is 3.95. The lowest BCUT2D eigenvalue weighted by Crippen LogP contribution is -2.24. The maximum Gasteiger partial charge on any atom is 0.270 e. The Morgan fingerprint density at radius 1 is 1.04 bits per heavy atom. The standard InChI is InChI=1S/C19H17N5O3/c25-18(22-11-14-2-1-6-20-9-14)15-5-7-21-19(24-15)23-10-13-3-4-16-17(8-13)27-12-26-16/h1-9H,10-12H2,(H,22,25)(H,21,23,24). The molecule has 0 spiro atoms. The Hall–Kier alpha value is -3.68. The fraction of sp³-hybridized carbons (Fsp3) is 0.158. The summed E-state index contributed by atoms with van der Waals surface area (Å²) in [6, 6.07) is 11.0. The number of benzene rings is 1. The Bertz CT molecular complexity index is 949. The van der Waals surface area contributed by atoms with Crippen molar-refractivity contribution in [1.82, 2.24) is 20.3 Å². The number of hydrogen-bond acceptors (Lipinski definition) is 7. The number of ether oxygens (including phenoxy) is 2. The van der Waals surface area contributed by atoms with Crippen molar-refractivity contribution < 1.29 is 14.3 Å². The van der Waals surface area contributed by atoms with Gasteiger partial charge in [0.05, 0.1) is 0 Å². The summed E-state index contributed by atoms with van der Waals surface area (Å²) < 4.78 is 10.7. The molecule has 0 saturated heterocycles. The Morgan fingerprint density at radius 2 is 1.96 bits per heavy atom. The van der Waals surface area contributed by atoms with Crippen LogP contribution in [0.5, 0.6) is 11.5 Å². The average Bonchev–Trinajstić information content (AvgIpc) is 3.19. The molecule has 4 rings (SSSR count). The minimum Gasteiger partial charge on any atom is -0.454 e. The van der Waals surface area contributed by atoms with Crippen LogP contribution in [0.3, 0.4) is 0 Å². The van der Waals surface area contributed by atoms with Crippen LogP contribution in [0.25, 0.3) is 0 Å². The predicted molar refractivity (Wildman–Crippen MR) is 97.3 cm³/mol. The van der Waals surface area contributed by atoms with Gasteiger partial charge in [-0.25, -0.2) is 9.97 Å². The number of pyridine rings is 1. The molecule has 0 atom stereocenters. The van der Waals surface area contributed by atoms with Crippen LogP contribution in [0.15, 0.2) is 55.0 Å². The van der Waals surface area contributed by atoms with E-state index >= 15 is 0 Å². The fourth-order valence-corrected chi connectivity index (χ4v) is 2.58. The van der Waals surface area contributed by atoms with E-state index in [1.54, 1.807) is 24.7 Å². The molecule has 0 saturated carbocycles. The molecule has 0 radical (unpaired) electrons. The Morgan fingerprint density at radius 3 is 2.85 bits per heavy atom. The van der Waals surface area contributed by atoms with Crippen LogP contribution in [0, 0.1) is 0 Å². The smallest absolute Gasteiger partial charge is 0.270 e. The molecule has 0 unspecified atom stereocenters. The molecule has 3 aromatic rings. The molecule has 0 bridgehead atoms. The van der Waals surface area contributed by atoms with Gasteiger partial charge < -0.3 is 20.1 Å². The summed E-state index contributed by atoms with van der Waals surface area (Å²) in [6.45, 7) is 1.12. The number of carbonyl (C=O) groups is 1. The number of amides is 1. The number of nitrogens with one attached hydrogen (secondary N) is 2. The molecule has 2 N–H and O–H groups in total. The first-order chi connectivity index (χ1) is 13.3. The maximum absolute atomic E-state index is 12.3. The van der Waals surface area contributed by atoms with Gasteiger partial charge in [0.25, 0.3) is 5.91 Å². The zero-order chi connectivity index (χ0) is 18.5. The van der Waals surface area contributed by atoms with Crippen molar-refractivity contribution in [1.29, 1.82) is 0 Å². The van der Waals surface area contributed by atoms with Crippen LogP contribution in [-0.4, -0.2) is 27.7 Å². The maximum atomic E-state index is 12.3. The minimum absolute atomic E-state index is 0.242. The molecular weight excluding hydrogens is 346 g/mol. The van der Waals surface area contributed by atoms with Gasteiger partial charge in [-0.05, 0) is 35.4 Å². The molecule has 8 heteroatoms. The second-order valence-electron chi connectivity index (χ2n) is 5.85. The second-order valence-corrected chi connectivity index (χ2v) is 5.85. The summed E-state index contributed by atoms with van der Waals surface area (Å²) in [6.07, 6.45) is 4.94. The summed E-state index contributed by atoms with van der Waals surface area (Å²) in [5.41, 5.74) is 2.21. The van der Waals surface area contributed by atoms with E-state index < -0.39 is 0 Å². The molecule has 0 fully saturated rings. The molecule has 1 aliphatic rings. The molecule has 2 aromatic heterocycles. The van der Waals surface area contributed by atoms with E-state index in [0.717, 1.165) is 22.6 Å². The van der Waals surface area contributed by atoms with Gasteiger partial charge in [-0.3, -0.25) is 9.78 Å². The number of carbonyl (C=O) groups excluding carboxylic acids is 1. The summed E-state index contributed by atoms with van der Waals surface area (Å²) in [7, 11) is 0. The van der Waals surface area contributed by atoms with E-state index in [4.69, 9.17) is 9.47 Å². The molecule has 1 amide bonds. The van der Waals surface area contributed by atoms with E-state index in [9.17, 15) is 4.79 Å². The number of nitrogens with zero attached hydrogens (tertiary/aromatic N) is 3. The van der Waals surface area contributed by atoms with Crippen LogP contribution in [0.4, 0.5) is 5.95 Å². The molecule has 27 heavy (non-hydrogen) atoms. The van der Waals surface area contributed by atoms with Crippen molar-refractivity contribution in [2.45, 2.75) is 13.1 Å². The van der Waals surface area contributed by atoms with Gasteiger partial charge in [0.15, 0.2) is 11.5 Å². The summed E-state index contributed by atoms with van der Waals surface area (Å²) in [4.78, 5) is 24.7. The highest BCUT2D eigenvalue weighted by molar-refractivity contribution is 5.92. The highest BCUT2D eigenvalue weighted by atomic mass is 16.7. The Kier molecular flexibility index (Phi) is 4.78. The number of hydrogen-bond donors (Lipinski definition) is 2. The van der Waals surface area contributed by atoms with Crippen molar-refractivity contribution in [3.8, 4) is 11.5 Å². The van der Waals surface area contributed by atoms with Gasteiger partial charge in [-0.15, -0.1) is 0 Å². The number of fused-ring (bicyclic) bond motifs is 1. The van der Waals surface area contributed by atoms with Gasteiger partial charge in [-0.1, -0.05) is 12.1 Å². The highest BCUT2D eigenvalue weighted by Crippen LogP contribution is 2.32. The lowest BCUT2D eigenvalue weighted by atomic mass is 10.2. The van der Waals surface area contributed by atoms with Crippen LogP contribution < -0.4 is 20.1 Å². The van der Waals surface area contributed by atoms with Crippen molar-refractivity contribution in [3.05, 3.63) is 71.8 Å². The van der Waals surface area contributed by atoms with Gasteiger partial charge in [0.2, 0.25) is 12.7 Å². The minimum atomic E-state index is -0.271. The lowest BCUT2D eigenvalue weighted by molar-refractivity contribution is 0.0946. The van der Waals surface area contributed by atoms with Crippen LogP contribution in [0.1, 0.15) is 21.6 Å². The lowest BCUT2D eigenvalue weighted by Gasteiger charge is -2.08. The zero-order valence-electron chi connectivity index (χ0n) is 14.4. The van der Waals surface area contributed by atoms with Gasteiger partial charge in [-0.2, -0.15) is 0 Å². The number of anilines is 1. The number of rotatable bonds is 6. The summed E-state index contributed by atoms with van der Waals surface area (Å²) in [5.74, 6) is 1.56. The van der Waals surface area contributed by atoms with Crippen molar-refractivity contribution in [2.24, 2.45) is 0 Å². The topological polar surface area (TPSA) is 98.3 Å². The van der Waals surface area contributed by atoms with E-state index in [-0.39, 0.29) is 12.7 Å². The Balaban J connectivity index is 1.36. The molecule has 8 nitrogen and oxygen atoms in total. The average molecular weight is 363 g/mol. The SMILES string of the molecule is O=C(NCc1cccnc1)c1ccnc(NCc2ccc3c(c2)OCO3)n1. The first-order valence-electron chi connectivity index (χ1n) is 8.40. The molecule has 0 aliphatic carbocycles. The van der Waals surface area contributed by atoms with Crippen LogP contribution in [-0.2, 0) is 13.1 Å².